The molecule has 0 atom stereocenters. The summed E-state index contributed by atoms with van der Waals surface area (Å²) in [6.45, 7) is 2.68. The molecule has 1 aromatic carbocycles. The monoisotopic (exact) mass is 300 g/mol. The van der Waals surface area contributed by atoms with Crippen LogP contribution in [0.3, 0.4) is 0 Å². The molecule has 22 heavy (non-hydrogen) atoms. The number of benzene rings is 1. The summed E-state index contributed by atoms with van der Waals surface area (Å²) in [5, 5.41) is 11.4. The Balaban J connectivity index is 1.90. The summed E-state index contributed by atoms with van der Waals surface area (Å²) in [7, 11) is 6.12. The van der Waals surface area contributed by atoms with E-state index in [1.165, 1.54) is 5.56 Å². The van der Waals surface area contributed by atoms with Crippen LogP contribution in [0.4, 0.5) is 11.8 Å². The molecule has 0 aliphatic rings. The second-order valence-corrected chi connectivity index (χ2v) is 5.57. The molecule has 118 valence electrons. The first-order valence-electron chi connectivity index (χ1n) is 7.48. The minimum atomic E-state index is 0.626. The van der Waals surface area contributed by atoms with Crippen LogP contribution >= 0.6 is 0 Å². The van der Waals surface area contributed by atoms with Gasteiger partial charge in [0.25, 0.3) is 0 Å². The molecule has 6 nitrogen and oxygen atoms in total. The van der Waals surface area contributed by atoms with Crippen molar-refractivity contribution in [1.29, 1.82) is 0 Å². The average Bonchev–Trinajstić information content (AvgIpc) is 2.53. The summed E-state index contributed by atoms with van der Waals surface area (Å²) in [6.07, 6.45) is 2.72. The molecule has 0 amide bonds. The lowest BCUT2D eigenvalue weighted by atomic mass is 10.2. The van der Waals surface area contributed by atoms with Gasteiger partial charge in [0.2, 0.25) is 5.95 Å². The smallest absolute Gasteiger partial charge is 0.247 e. The Kier molecular flexibility index (Phi) is 6.09. The molecule has 2 aromatic rings. The molecule has 0 saturated carbocycles. The van der Waals surface area contributed by atoms with Gasteiger partial charge in [-0.05, 0) is 32.6 Å². The van der Waals surface area contributed by atoms with E-state index in [9.17, 15) is 0 Å². The van der Waals surface area contributed by atoms with Gasteiger partial charge in [-0.2, -0.15) is 10.1 Å². The van der Waals surface area contributed by atoms with Crippen LogP contribution in [0.15, 0.2) is 36.5 Å². The van der Waals surface area contributed by atoms with Gasteiger partial charge in [0, 0.05) is 20.1 Å². The fraction of sp³-hybridized carbons (Fsp3) is 0.438. The third-order valence-electron chi connectivity index (χ3n) is 3.24. The quantitative estimate of drug-likeness (QED) is 0.751. The maximum Gasteiger partial charge on any atom is 0.247 e. The molecule has 1 heterocycles. The van der Waals surface area contributed by atoms with Gasteiger partial charge in [-0.1, -0.05) is 30.3 Å². The zero-order chi connectivity index (χ0) is 15.8. The number of rotatable bonds is 8. The molecule has 0 spiro atoms. The van der Waals surface area contributed by atoms with Crippen molar-refractivity contribution in [2.75, 3.05) is 44.4 Å². The predicted octanol–water partition coefficient (Wildman–Crippen LogP) is 1.87. The predicted molar refractivity (Wildman–Crippen MR) is 90.0 cm³/mol. The van der Waals surface area contributed by atoms with E-state index in [1.54, 1.807) is 6.20 Å². The summed E-state index contributed by atoms with van der Waals surface area (Å²) >= 11 is 0. The van der Waals surface area contributed by atoms with E-state index in [-0.39, 0.29) is 0 Å². The van der Waals surface area contributed by atoms with Gasteiger partial charge >= 0.3 is 0 Å². The summed E-state index contributed by atoms with van der Waals surface area (Å²) in [5.41, 5.74) is 1.22. The van der Waals surface area contributed by atoms with Crippen molar-refractivity contribution in [2.24, 2.45) is 0 Å². The maximum absolute atomic E-state index is 4.51. The van der Waals surface area contributed by atoms with Crippen molar-refractivity contribution < 1.29 is 0 Å². The summed E-state index contributed by atoms with van der Waals surface area (Å²) in [6, 6.07) is 10.3. The van der Waals surface area contributed by atoms with Crippen LogP contribution in [0.25, 0.3) is 0 Å². The van der Waals surface area contributed by atoms with Crippen molar-refractivity contribution in [3.8, 4) is 0 Å². The van der Waals surface area contributed by atoms with Crippen LogP contribution in [-0.2, 0) is 6.54 Å². The molecule has 0 radical (unpaired) electrons. The molecule has 1 aromatic heterocycles. The van der Waals surface area contributed by atoms with Gasteiger partial charge in [0.05, 0.1) is 6.20 Å². The van der Waals surface area contributed by atoms with E-state index >= 15 is 0 Å². The van der Waals surface area contributed by atoms with Crippen LogP contribution in [-0.4, -0.2) is 54.3 Å². The summed E-state index contributed by atoms with van der Waals surface area (Å²) in [5.74, 6) is 1.39. The van der Waals surface area contributed by atoms with E-state index in [0.29, 0.717) is 5.95 Å². The number of anilines is 2. The lowest BCUT2D eigenvalue weighted by molar-refractivity contribution is 0.405. The lowest BCUT2D eigenvalue weighted by Crippen LogP contribution is -2.21. The van der Waals surface area contributed by atoms with Gasteiger partial charge in [0.15, 0.2) is 5.82 Å². The number of hydrogen-bond acceptors (Lipinski definition) is 6. The highest BCUT2D eigenvalue weighted by atomic mass is 15.3. The van der Waals surface area contributed by atoms with Crippen molar-refractivity contribution in [3.05, 3.63) is 42.1 Å². The van der Waals surface area contributed by atoms with Crippen LogP contribution < -0.4 is 10.2 Å². The van der Waals surface area contributed by atoms with Crippen LogP contribution in [0, 0.1) is 0 Å². The number of hydrogen-bond donors (Lipinski definition) is 1. The second kappa shape index (κ2) is 8.29. The molecule has 0 fully saturated rings. The number of aromatic nitrogens is 3. The normalized spacial score (nSPS) is 10.7. The Labute approximate surface area is 132 Å². The number of nitrogens with zero attached hydrogens (tertiary/aromatic N) is 5. The molecular weight excluding hydrogens is 276 g/mol. The molecule has 0 saturated heterocycles. The van der Waals surface area contributed by atoms with Gasteiger partial charge in [-0.25, -0.2) is 0 Å². The Morgan fingerprint density at radius 1 is 1.09 bits per heavy atom. The van der Waals surface area contributed by atoms with Crippen molar-refractivity contribution in [2.45, 2.75) is 13.0 Å². The highest BCUT2D eigenvalue weighted by Crippen LogP contribution is 2.11. The van der Waals surface area contributed by atoms with Gasteiger partial charge < -0.3 is 15.1 Å². The molecule has 0 aliphatic carbocycles. The van der Waals surface area contributed by atoms with Gasteiger partial charge in [-0.15, -0.1) is 5.10 Å². The molecular formula is C16H24N6. The lowest BCUT2D eigenvalue weighted by Gasteiger charge is -2.17. The van der Waals surface area contributed by atoms with E-state index in [1.807, 2.05) is 30.1 Å². The minimum absolute atomic E-state index is 0.626. The first-order chi connectivity index (χ1) is 10.6. The zero-order valence-electron chi connectivity index (χ0n) is 13.5. The Hall–Kier alpha value is -2.21. The SMILES string of the molecule is CN(C)CCCNc1cnnc(N(C)Cc2ccccc2)n1. The van der Waals surface area contributed by atoms with Crippen molar-refractivity contribution in [1.82, 2.24) is 20.1 Å². The van der Waals surface area contributed by atoms with Crippen LogP contribution in [0.1, 0.15) is 12.0 Å². The molecule has 0 bridgehead atoms. The molecule has 1 N–H and O–H groups in total. The molecule has 2 rings (SSSR count). The first-order valence-corrected chi connectivity index (χ1v) is 7.48. The second-order valence-electron chi connectivity index (χ2n) is 5.57. The van der Waals surface area contributed by atoms with E-state index in [0.717, 1.165) is 31.9 Å². The van der Waals surface area contributed by atoms with Crippen molar-refractivity contribution >= 4 is 11.8 Å². The fourth-order valence-corrected chi connectivity index (χ4v) is 2.08. The maximum atomic E-state index is 4.51. The standard InChI is InChI=1S/C16H24N6/c1-21(2)11-7-10-17-15-12-18-20-16(19-15)22(3)13-14-8-5-4-6-9-14/h4-6,8-9,12H,7,10-11,13H2,1-3H3,(H,17,19,20). The fourth-order valence-electron chi connectivity index (χ4n) is 2.08. The summed E-state index contributed by atoms with van der Waals surface area (Å²) in [4.78, 5) is 8.67. The highest BCUT2D eigenvalue weighted by Gasteiger charge is 2.07. The Morgan fingerprint density at radius 2 is 1.86 bits per heavy atom. The van der Waals surface area contributed by atoms with Crippen LogP contribution in [0.5, 0.6) is 0 Å². The van der Waals surface area contributed by atoms with E-state index in [2.05, 4.69) is 51.6 Å². The van der Waals surface area contributed by atoms with Gasteiger partial charge in [-0.3, -0.25) is 0 Å². The van der Waals surface area contributed by atoms with E-state index in [4.69, 9.17) is 0 Å². The molecule has 6 heteroatoms. The Morgan fingerprint density at radius 3 is 2.59 bits per heavy atom. The van der Waals surface area contributed by atoms with E-state index < -0.39 is 0 Å². The Bertz CT molecular complexity index is 558. The third kappa shape index (κ3) is 5.29. The highest BCUT2D eigenvalue weighted by molar-refractivity contribution is 5.39. The zero-order valence-corrected chi connectivity index (χ0v) is 13.5. The first kappa shape index (κ1) is 16.2. The summed E-state index contributed by atoms with van der Waals surface area (Å²) < 4.78 is 0. The largest absolute Gasteiger partial charge is 0.369 e. The third-order valence-corrected chi connectivity index (χ3v) is 3.24. The molecule has 0 unspecified atom stereocenters. The average molecular weight is 300 g/mol. The van der Waals surface area contributed by atoms with Crippen LogP contribution in [0.2, 0.25) is 0 Å². The topological polar surface area (TPSA) is 57.2 Å². The van der Waals surface area contributed by atoms with Gasteiger partial charge in [0.1, 0.15) is 0 Å². The number of nitrogens with one attached hydrogen (secondary N) is 1. The minimum Gasteiger partial charge on any atom is -0.369 e. The molecule has 0 aliphatic heterocycles. The van der Waals surface area contributed by atoms with Crippen molar-refractivity contribution in [3.63, 3.8) is 0 Å².